The van der Waals surface area contributed by atoms with Gasteiger partial charge in [0.05, 0.1) is 6.20 Å². The van der Waals surface area contributed by atoms with E-state index in [9.17, 15) is 18.0 Å². The molecule has 1 aliphatic rings. The molecule has 2 N–H and O–H groups in total. The van der Waals surface area contributed by atoms with Crippen LogP contribution in [0, 0.1) is 0 Å². The number of amides is 1. The number of nitrogens with zero attached hydrogens (tertiary/aromatic N) is 3. The second-order valence-electron chi connectivity index (χ2n) is 6.99. The number of aromatic nitrogens is 2. The summed E-state index contributed by atoms with van der Waals surface area (Å²) < 4.78 is 42.2. The molecule has 2 aromatic rings. The number of nitrogens with two attached hydrogens (primary N) is 1. The minimum Gasteiger partial charge on any atom is -0.406 e. The maximum Gasteiger partial charge on any atom is 0.573 e. The Bertz CT molecular complexity index is 832. The molecule has 1 atom stereocenters. The van der Waals surface area contributed by atoms with Crippen molar-refractivity contribution < 1.29 is 22.7 Å². The Kier molecular flexibility index (Phi) is 4.79. The topological polar surface area (TPSA) is 73.4 Å². The summed E-state index contributed by atoms with van der Waals surface area (Å²) in [5, 5.41) is 4.02. The van der Waals surface area contributed by atoms with Gasteiger partial charge in [0.15, 0.2) is 0 Å². The van der Waals surface area contributed by atoms with Crippen LogP contribution in [-0.2, 0) is 13.5 Å². The number of ether oxygens (including phenoxy) is 1. The lowest BCUT2D eigenvalue weighted by Gasteiger charge is -2.35. The largest absolute Gasteiger partial charge is 0.573 e. The van der Waals surface area contributed by atoms with Gasteiger partial charge in [-0.15, -0.1) is 13.2 Å². The number of halogens is 3. The molecule has 9 heteroatoms. The van der Waals surface area contributed by atoms with Crippen molar-refractivity contribution in [2.75, 3.05) is 12.3 Å². The molecular weight excluding hydrogens is 361 g/mol. The number of anilines is 1. The van der Waals surface area contributed by atoms with Crippen molar-refractivity contribution in [3.63, 3.8) is 0 Å². The van der Waals surface area contributed by atoms with E-state index in [0.29, 0.717) is 24.3 Å². The molecular formula is C18H21F3N4O2. The molecule has 6 nitrogen and oxygen atoms in total. The zero-order valence-corrected chi connectivity index (χ0v) is 15.1. The molecule has 0 radical (unpaired) electrons. The summed E-state index contributed by atoms with van der Waals surface area (Å²) in [4.78, 5) is 14.7. The highest BCUT2D eigenvalue weighted by Gasteiger charge is 2.41. The van der Waals surface area contributed by atoms with Crippen molar-refractivity contribution >= 4 is 11.7 Å². The molecule has 146 valence electrons. The van der Waals surface area contributed by atoms with Crippen LogP contribution in [0.15, 0.2) is 30.5 Å². The molecule has 1 unspecified atom stereocenters. The van der Waals surface area contributed by atoms with Crippen LogP contribution in [0.2, 0.25) is 0 Å². The van der Waals surface area contributed by atoms with Crippen molar-refractivity contribution in [3.8, 4) is 5.75 Å². The summed E-state index contributed by atoms with van der Waals surface area (Å²) in [7, 11) is 1.67. The molecule has 1 saturated heterocycles. The molecule has 1 aromatic carbocycles. The van der Waals surface area contributed by atoms with E-state index >= 15 is 0 Å². The Morgan fingerprint density at radius 1 is 1.33 bits per heavy atom. The summed E-state index contributed by atoms with van der Waals surface area (Å²) in [6.07, 6.45) is -1.10. The maximum atomic E-state index is 12.9. The van der Waals surface area contributed by atoms with Crippen LogP contribution in [0.3, 0.4) is 0 Å². The third kappa shape index (κ3) is 4.01. The number of rotatable bonds is 4. The first kappa shape index (κ1) is 19.1. The molecule has 0 bridgehead atoms. The van der Waals surface area contributed by atoms with Crippen LogP contribution < -0.4 is 10.5 Å². The van der Waals surface area contributed by atoms with Gasteiger partial charge in [0.25, 0.3) is 5.91 Å². The molecule has 3 rings (SSSR count). The molecule has 0 aliphatic carbocycles. The second-order valence-corrected chi connectivity index (χ2v) is 6.99. The van der Waals surface area contributed by atoms with Crippen molar-refractivity contribution in [2.45, 2.75) is 38.1 Å². The van der Waals surface area contributed by atoms with E-state index in [1.54, 1.807) is 24.1 Å². The quantitative estimate of drug-likeness (QED) is 0.882. The third-order valence-electron chi connectivity index (χ3n) is 4.95. The Morgan fingerprint density at radius 2 is 2.00 bits per heavy atom. The van der Waals surface area contributed by atoms with Gasteiger partial charge in [0, 0.05) is 19.1 Å². The molecule has 1 amide bonds. The van der Waals surface area contributed by atoms with Crippen molar-refractivity contribution in [1.82, 2.24) is 14.7 Å². The third-order valence-corrected chi connectivity index (χ3v) is 4.95. The number of hydrogen-bond donors (Lipinski definition) is 1. The zero-order valence-electron chi connectivity index (χ0n) is 15.1. The first-order valence-corrected chi connectivity index (χ1v) is 8.53. The Morgan fingerprint density at radius 3 is 2.56 bits per heavy atom. The number of aryl methyl sites for hydroxylation is 1. The van der Waals surface area contributed by atoms with Crippen molar-refractivity contribution in [1.29, 1.82) is 0 Å². The van der Waals surface area contributed by atoms with Crippen LogP contribution in [0.25, 0.3) is 0 Å². The van der Waals surface area contributed by atoms with Crippen LogP contribution >= 0.6 is 0 Å². The van der Waals surface area contributed by atoms with Gasteiger partial charge in [-0.2, -0.15) is 5.10 Å². The Balaban J connectivity index is 1.76. The van der Waals surface area contributed by atoms with Gasteiger partial charge in [-0.05, 0) is 43.9 Å². The summed E-state index contributed by atoms with van der Waals surface area (Å²) in [6.45, 7) is 2.57. The summed E-state index contributed by atoms with van der Waals surface area (Å²) >= 11 is 0. The first-order chi connectivity index (χ1) is 12.6. The number of hydrogen-bond acceptors (Lipinski definition) is 4. The van der Waals surface area contributed by atoms with Crippen LogP contribution in [0.5, 0.6) is 5.75 Å². The summed E-state index contributed by atoms with van der Waals surface area (Å²) in [5.74, 6) is -0.139. The molecule has 27 heavy (non-hydrogen) atoms. The number of likely N-dealkylation sites (tertiary alicyclic amines) is 1. The lowest BCUT2D eigenvalue weighted by atomic mass is 9.90. The van der Waals surface area contributed by atoms with E-state index in [4.69, 9.17) is 5.73 Å². The predicted molar refractivity (Wildman–Crippen MR) is 93.1 cm³/mol. The van der Waals surface area contributed by atoms with Gasteiger partial charge in [-0.3, -0.25) is 9.48 Å². The van der Waals surface area contributed by atoms with Crippen LogP contribution in [0.4, 0.5) is 19.0 Å². The molecule has 2 heterocycles. The van der Waals surface area contributed by atoms with E-state index in [2.05, 4.69) is 9.84 Å². The lowest BCUT2D eigenvalue weighted by molar-refractivity contribution is -0.274. The number of alkyl halides is 3. The maximum absolute atomic E-state index is 12.9. The SMILES string of the molecule is Cn1ncc(C(=O)N2CCCC2(C)Cc2ccc(OC(F)(F)F)cc2)c1N. The monoisotopic (exact) mass is 382 g/mol. The van der Waals surface area contributed by atoms with Crippen LogP contribution in [0.1, 0.15) is 35.7 Å². The molecule has 0 saturated carbocycles. The normalized spacial score (nSPS) is 20.1. The number of nitrogen functional groups attached to an aromatic ring is 1. The number of carbonyl (C=O) groups excluding carboxylic acids is 1. The zero-order chi connectivity index (χ0) is 19.8. The number of carbonyl (C=O) groups is 1. The van der Waals surface area contributed by atoms with E-state index in [-0.39, 0.29) is 11.7 Å². The minimum absolute atomic E-state index is 0.183. The van der Waals surface area contributed by atoms with Crippen molar-refractivity contribution in [3.05, 3.63) is 41.6 Å². The first-order valence-electron chi connectivity index (χ1n) is 8.53. The fourth-order valence-corrected chi connectivity index (χ4v) is 3.56. The van der Waals surface area contributed by atoms with Gasteiger partial charge < -0.3 is 15.4 Å². The fraction of sp³-hybridized carbons (Fsp3) is 0.444. The Hall–Kier alpha value is -2.71. The van der Waals surface area contributed by atoms with Gasteiger partial charge in [0.1, 0.15) is 17.1 Å². The second kappa shape index (κ2) is 6.79. The smallest absolute Gasteiger partial charge is 0.406 e. The van der Waals surface area contributed by atoms with Gasteiger partial charge in [0.2, 0.25) is 0 Å². The minimum atomic E-state index is -4.72. The average molecular weight is 382 g/mol. The summed E-state index contributed by atoms with van der Waals surface area (Å²) in [6, 6.07) is 5.75. The van der Waals surface area contributed by atoms with Crippen molar-refractivity contribution in [2.24, 2.45) is 7.05 Å². The standard InChI is InChI=1S/C18H21F3N4O2/c1-17(10-12-4-6-13(7-5-12)27-18(19,20)21)8-3-9-25(17)16(26)14-11-23-24(2)15(14)22/h4-7,11H,3,8-10,22H2,1-2H3. The van der Waals surface area contributed by atoms with Gasteiger partial charge in [-0.1, -0.05) is 12.1 Å². The van der Waals surface area contributed by atoms with E-state index in [1.165, 1.54) is 23.0 Å². The highest BCUT2D eigenvalue weighted by Crippen LogP contribution is 2.35. The van der Waals surface area contributed by atoms with Crippen LogP contribution in [-0.4, -0.2) is 39.0 Å². The van der Waals surface area contributed by atoms with Gasteiger partial charge in [-0.25, -0.2) is 0 Å². The molecule has 1 fully saturated rings. The highest BCUT2D eigenvalue weighted by molar-refractivity contribution is 5.98. The molecule has 1 aromatic heterocycles. The van der Waals surface area contributed by atoms with E-state index in [1.807, 2.05) is 6.92 Å². The molecule has 0 spiro atoms. The van der Waals surface area contributed by atoms with E-state index < -0.39 is 11.9 Å². The fourth-order valence-electron chi connectivity index (χ4n) is 3.56. The molecule has 1 aliphatic heterocycles. The number of benzene rings is 1. The van der Waals surface area contributed by atoms with Gasteiger partial charge >= 0.3 is 6.36 Å². The predicted octanol–water partition coefficient (Wildman–Crippen LogP) is 3.14. The van der Waals surface area contributed by atoms with E-state index in [0.717, 1.165) is 18.4 Å². The summed E-state index contributed by atoms with van der Waals surface area (Å²) in [5.41, 5.74) is 6.66. The average Bonchev–Trinajstić information content (AvgIpc) is 3.11. The lowest BCUT2D eigenvalue weighted by Crippen LogP contribution is -2.46. The Labute approximate surface area is 154 Å². The highest BCUT2D eigenvalue weighted by atomic mass is 19.4.